The van der Waals surface area contributed by atoms with Crippen molar-refractivity contribution < 1.29 is 43.5 Å². The smallest absolute Gasteiger partial charge is 0.377 e. The van der Waals surface area contributed by atoms with Gasteiger partial charge >= 0.3 is 30.1 Å². The molecule has 0 spiro atoms. The van der Waals surface area contributed by atoms with Crippen molar-refractivity contribution in [3.8, 4) is 16.9 Å². The van der Waals surface area contributed by atoms with E-state index in [2.05, 4.69) is 0 Å². The van der Waals surface area contributed by atoms with E-state index in [1.807, 2.05) is 0 Å². The van der Waals surface area contributed by atoms with Crippen LogP contribution in [0.3, 0.4) is 0 Å². The van der Waals surface area contributed by atoms with E-state index in [9.17, 15) is 34.4 Å². The van der Waals surface area contributed by atoms with Gasteiger partial charge in [0.2, 0.25) is 0 Å². The van der Waals surface area contributed by atoms with E-state index in [4.69, 9.17) is 14.3 Å². The lowest BCUT2D eigenvalue weighted by atomic mass is 9.94. The number of carboxylic acids is 1. The molecular weight excluding hydrogens is 440 g/mol. The fraction of sp³-hybridized carbons (Fsp3) is 0.238. The zero-order valence-electron chi connectivity index (χ0n) is 17.5. The largest absolute Gasteiger partial charge is 0.478 e. The van der Waals surface area contributed by atoms with Crippen molar-refractivity contribution in [1.82, 2.24) is 0 Å². The number of nitro groups is 1. The summed E-state index contributed by atoms with van der Waals surface area (Å²) >= 11 is 0. The first-order valence-corrected chi connectivity index (χ1v) is 9.74. The molecule has 0 saturated heterocycles. The SMILES string of the molecule is CCC(=O)OC1C(=O)Oc2ccc(C(=O)O)c(-c3ccccc3[N+](=O)[O-])c2N1OC(=O)CC. The van der Waals surface area contributed by atoms with Gasteiger partial charge < -0.3 is 19.4 Å². The van der Waals surface area contributed by atoms with Gasteiger partial charge in [-0.1, -0.05) is 26.0 Å². The zero-order chi connectivity index (χ0) is 24.3. The van der Waals surface area contributed by atoms with Gasteiger partial charge in [0.1, 0.15) is 5.69 Å². The molecule has 0 bridgehead atoms. The van der Waals surface area contributed by atoms with Crippen LogP contribution in [0.15, 0.2) is 36.4 Å². The number of hydrogen-bond acceptors (Lipinski definition) is 10. The summed E-state index contributed by atoms with van der Waals surface area (Å²) in [5.74, 6) is -4.48. The van der Waals surface area contributed by atoms with Crippen LogP contribution in [0.25, 0.3) is 11.1 Å². The Hall–Kier alpha value is -4.48. The molecule has 1 N–H and O–H groups in total. The molecule has 1 unspecified atom stereocenters. The molecule has 0 radical (unpaired) electrons. The molecule has 0 aromatic heterocycles. The molecule has 172 valence electrons. The number of hydrogen-bond donors (Lipinski definition) is 1. The summed E-state index contributed by atoms with van der Waals surface area (Å²) in [4.78, 5) is 64.9. The monoisotopic (exact) mass is 458 g/mol. The lowest BCUT2D eigenvalue weighted by molar-refractivity contribution is -0.384. The van der Waals surface area contributed by atoms with Crippen LogP contribution in [0.1, 0.15) is 37.0 Å². The maximum absolute atomic E-state index is 12.6. The van der Waals surface area contributed by atoms with Gasteiger partial charge in [0.15, 0.2) is 5.75 Å². The number of rotatable bonds is 7. The van der Waals surface area contributed by atoms with Crippen LogP contribution in [-0.2, 0) is 24.0 Å². The number of carboxylic acid groups (broad SMARTS) is 1. The van der Waals surface area contributed by atoms with E-state index in [0.29, 0.717) is 5.06 Å². The number of ether oxygens (including phenoxy) is 2. The lowest BCUT2D eigenvalue weighted by Crippen LogP contribution is -2.50. The number of nitrogens with zero attached hydrogens (tertiary/aromatic N) is 2. The topological polar surface area (TPSA) is 163 Å². The highest BCUT2D eigenvalue weighted by molar-refractivity contribution is 6.05. The fourth-order valence-electron chi connectivity index (χ4n) is 3.11. The molecule has 12 heteroatoms. The van der Waals surface area contributed by atoms with Crippen LogP contribution >= 0.6 is 0 Å². The number of aromatic carboxylic acids is 1. The Morgan fingerprint density at radius 1 is 1.12 bits per heavy atom. The molecule has 2 aromatic carbocycles. The highest BCUT2D eigenvalue weighted by Gasteiger charge is 2.44. The summed E-state index contributed by atoms with van der Waals surface area (Å²) in [5.41, 5.74) is -1.55. The predicted octanol–water partition coefficient (Wildman–Crippen LogP) is 2.83. The van der Waals surface area contributed by atoms with Gasteiger partial charge in [-0.3, -0.25) is 14.9 Å². The minimum atomic E-state index is -1.90. The molecule has 1 atom stereocenters. The highest BCUT2D eigenvalue weighted by Crippen LogP contribution is 2.47. The quantitative estimate of drug-likeness (QED) is 0.281. The van der Waals surface area contributed by atoms with E-state index in [-0.39, 0.29) is 35.4 Å². The first-order chi connectivity index (χ1) is 15.7. The van der Waals surface area contributed by atoms with E-state index in [0.717, 1.165) is 18.2 Å². The van der Waals surface area contributed by atoms with Gasteiger partial charge in [-0.15, -0.1) is 5.06 Å². The van der Waals surface area contributed by atoms with Crippen molar-refractivity contribution in [2.45, 2.75) is 32.9 Å². The fourth-order valence-corrected chi connectivity index (χ4v) is 3.11. The number of benzene rings is 2. The number of carbonyl (C=O) groups excluding carboxylic acids is 3. The van der Waals surface area contributed by atoms with Crippen LogP contribution in [0.5, 0.6) is 5.75 Å². The Bertz CT molecular complexity index is 1160. The summed E-state index contributed by atoms with van der Waals surface area (Å²) in [6.07, 6.45) is -2.17. The van der Waals surface area contributed by atoms with E-state index >= 15 is 0 Å². The van der Waals surface area contributed by atoms with Gasteiger partial charge in [0.05, 0.1) is 16.1 Å². The van der Waals surface area contributed by atoms with Crippen molar-refractivity contribution in [1.29, 1.82) is 0 Å². The van der Waals surface area contributed by atoms with Crippen LogP contribution in [-0.4, -0.2) is 40.1 Å². The molecule has 0 aliphatic carbocycles. The van der Waals surface area contributed by atoms with E-state index in [1.165, 1.54) is 32.0 Å². The van der Waals surface area contributed by atoms with Gasteiger partial charge in [-0.05, 0) is 18.2 Å². The van der Waals surface area contributed by atoms with Crippen LogP contribution in [0, 0.1) is 10.1 Å². The van der Waals surface area contributed by atoms with E-state index < -0.39 is 46.3 Å². The molecule has 0 amide bonds. The van der Waals surface area contributed by atoms with Gasteiger partial charge in [-0.25, -0.2) is 14.4 Å². The van der Waals surface area contributed by atoms with Crippen LogP contribution < -0.4 is 9.80 Å². The number of carbonyl (C=O) groups is 4. The molecular formula is C21H18N2O10. The zero-order valence-corrected chi connectivity index (χ0v) is 17.5. The summed E-state index contributed by atoms with van der Waals surface area (Å²) < 4.78 is 10.3. The summed E-state index contributed by atoms with van der Waals surface area (Å²) in [7, 11) is 0. The normalized spacial score (nSPS) is 14.7. The number of esters is 2. The molecule has 0 saturated carbocycles. The summed E-state index contributed by atoms with van der Waals surface area (Å²) in [5, 5.41) is 22.1. The maximum atomic E-state index is 12.6. The first-order valence-electron chi connectivity index (χ1n) is 9.74. The van der Waals surface area contributed by atoms with Crippen molar-refractivity contribution >= 4 is 35.3 Å². The van der Waals surface area contributed by atoms with Crippen LogP contribution in [0.2, 0.25) is 0 Å². The predicted molar refractivity (Wildman–Crippen MR) is 110 cm³/mol. The number of anilines is 1. The first kappa shape index (κ1) is 23.2. The number of hydroxylamine groups is 1. The Kier molecular flexibility index (Phi) is 6.56. The van der Waals surface area contributed by atoms with Crippen molar-refractivity contribution in [3.63, 3.8) is 0 Å². The number of fused-ring (bicyclic) bond motifs is 1. The Balaban J connectivity index is 2.37. The van der Waals surface area contributed by atoms with E-state index in [1.54, 1.807) is 0 Å². The summed E-state index contributed by atoms with van der Waals surface area (Å²) in [6, 6.07) is 7.52. The van der Waals surface area contributed by atoms with Crippen molar-refractivity contribution in [3.05, 3.63) is 52.1 Å². The third-order valence-corrected chi connectivity index (χ3v) is 4.61. The van der Waals surface area contributed by atoms with Crippen molar-refractivity contribution in [2.75, 3.05) is 5.06 Å². The minimum Gasteiger partial charge on any atom is -0.478 e. The molecule has 3 rings (SSSR count). The molecule has 1 heterocycles. The maximum Gasteiger partial charge on any atom is 0.377 e. The van der Waals surface area contributed by atoms with Gasteiger partial charge in [-0.2, -0.15) is 0 Å². The second-order valence-electron chi connectivity index (χ2n) is 6.67. The lowest BCUT2D eigenvalue weighted by Gasteiger charge is -2.35. The third-order valence-electron chi connectivity index (χ3n) is 4.61. The molecule has 12 nitrogen and oxygen atoms in total. The molecule has 2 aromatic rings. The minimum absolute atomic E-state index is 0.127. The van der Waals surface area contributed by atoms with Crippen LogP contribution in [0.4, 0.5) is 11.4 Å². The third kappa shape index (κ3) is 4.44. The average Bonchev–Trinajstić information content (AvgIpc) is 2.79. The number of nitro benzene ring substituents is 1. The van der Waals surface area contributed by atoms with Gasteiger partial charge in [0, 0.05) is 24.5 Å². The molecule has 0 fully saturated rings. The second-order valence-corrected chi connectivity index (χ2v) is 6.67. The van der Waals surface area contributed by atoms with Gasteiger partial charge in [0.25, 0.3) is 5.69 Å². The second kappa shape index (κ2) is 9.34. The highest BCUT2D eigenvalue weighted by atomic mass is 16.8. The van der Waals surface area contributed by atoms with Crippen molar-refractivity contribution in [2.24, 2.45) is 0 Å². The summed E-state index contributed by atoms with van der Waals surface area (Å²) in [6.45, 7) is 2.93. The molecule has 1 aliphatic rings. The Morgan fingerprint density at radius 3 is 2.39 bits per heavy atom. The molecule has 33 heavy (non-hydrogen) atoms. The molecule has 1 aliphatic heterocycles. The average molecular weight is 458 g/mol. The Labute approximate surface area is 186 Å². The standard InChI is InChI=1S/C21H18N2O10/c1-3-15(24)32-19-21(28)31-14-10-9-12(20(26)27)17(18(14)22(19)33-16(25)4-2)11-7-5-6-8-13(11)23(29)30/h5-10,19H,3-4H2,1-2H3,(H,26,27). The Morgan fingerprint density at radius 2 is 1.79 bits per heavy atom. The number of para-hydroxylation sites is 1.